The average molecular weight is 295 g/mol. The Morgan fingerprint density at radius 1 is 0.864 bits per heavy atom. The largest absolute Gasteiger partial charge is 0.289 e. The number of nitro benzene ring substituents is 1. The van der Waals surface area contributed by atoms with Crippen LogP contribution in [0.4, 0.5) is 5.69 Å². The summed E-state index contributed by atoms with van der Waals surface area (Å²) >= 11 is 0. The molecule has 0 radical (unpaired) electrons. The number of ketones is 2. The Bertz CT molecular complexity index is 881. The second-order valence-electron chi connectivity index (χ2n) is 5.51. The number of nitrogens with zero attached hydrogens (tertiary/aromatic N) is 1. The molecule has 22 heavy (non-hydrogen) atoms. The van der Waals surface area contributed by atoms with Crippen LogP contribution in [0.25, 0.3) is 0 Å². The van der Waals surface area contributed by atoms with Gasteiger partial charge in [0.15, 0.2) is 11.6 Å². The Balaban J connectivity index is 2.33. The van der Waals surface area contributed by atoms with Crippen molar-refractivity contribution in [3.05, 3.63) is 73.3 Å². The van der Waals surface area contributed by atoms with Crippen LogP contribution in [0, 0.1) is 30.9 Å². The quantitative estimate of drug-likeness (QED) is 0.510. The molecule has 0 unspecified atom stereocenters. The Labute approximate surface area is 126 Å². The van der Waals surface area contributed by atoms with E-state index in [0.29, 0.717) is 11.1 Å². The molecule has 0 aliphatic heterocycles. The summed E-state index contributed by atoms with van der Waals surface area (Å²) in [6, 6.07) is 5.53. The van der Waals surface area contributed by atoms with Gasteiger partial charge in [0.05, 0.1) is 4.92 Å². The molecule has 0 spiro atoms. The van der Waals surface area contributed by atoms with Crippen molar-refractivity contribution in [2.24, 2.45) is 0 Å². The van der Waals surface area contributed by atoms with E-state index in [0.717, 1.165) is 16.7 Å². The predicted molar refractivity (Wildman–Crippen MR) is 80.6 cm³/mol. The molecule has 3 rings (SSSR count). The van der Waals surface area contributed by atoms with E-state index >= 15 is 0 Å². The highest BCUT2D eigenvalue weighted by Crippen LogP contribution is 2.33. The van der Waals surface area contributed by atoms with Crippen molar-refractivity contribution in [3.63, 3.8) is 0 Å². The van der Waals surface area contributed by atoms with Gasteiger partial charge in [0.25, 0.3) is 5.69 Å². The lowest BCUT2D eigenvalue weighted by Gasteiger charge is -2.21. The molecular weight excluding hydrogens is 282 g/mol. The van der Waals surface area contributed by atoms with Crippen LogP contribution in [0.1, 0.15) is 48.5 Å². The summed E-state index contributed by atoms with van der Waals surface area (Å²) in [7, 11) is 0. The monoisotopic (exact) mass is 295 g/mol. The third-order valence-corrected chi connectivity index (χ3v) is 4.33. The fourth-order valence-electron chi connectivity index (χ4n) is 2.87. The van der Waals surface area contributed by atoms with Crippen LogP contribution in [-0.4, -0.2) is 16.5 Å². The van der Waals surface area contributed by atoms with Gasteiger partial charge >= 0.3 is 0 Å². The summed E-state index contributed by atoms with van der Waals surface area (Å²) in [6.45, 7) is 5.59. The van der Waals surface area contributed by atoms with Crippen molar-refractivity contribution in [1.29, 1.82) is 0 Å². The van der Waals surface area contributed by atoms with Crippen molar-refractivity contribution in [3.8, 4) is 0 Å². The minimum absolute atomic E-state index is 0.109. The predicted octanol–water partition coefficient (Wildman–Crippen LogP) is 3.30. The first-order valence-corrected chi connectivity index (χ1v) is 6.81. The summed E-state index contributed by atoms with van der Waals surface area (Å²) in [5.41, 5.74) is 3.55. The Morgan fingerprint density at radius 2 is 1.55 bits per heavy atom. The summed E-state index contributed by atoms with van der Waals surface area (Å²) in [5, 5.41) is 10.9. The van der Waals surface area contributed by atoms with Crippen LogP contribution in [-0.2, 0) is 0 Å². The highest BCUT2D eigenvalue weighted by molar-refractivity contribution is 6.29. The number of benzene rings is 2. The van der Waals surface area contributed by atoms with E-state index < -0.39 is 4.92 Å². The number of aryl methyl sites for hydroxylation is 1. The summed E-state index contributed by atoms with van der Waals surface area (Å²) < 4.78 is 0. The zero-order valence-electron chi connectivity index (χ0n) is 12.4. The number of carbonyl (C=O) groups excluding carboxylic acids is 2. The van der Waals surface area contributed by atoms with E-state index in [1.54, 1.807) is 13.0 Å². The van der Waals surface area contributed by atoms with Crippen LogP contribution in [0.2, 0.25) is 0 Å². The molecule has 0 saturated carbocycles. The first-order chi connectivity index (χ1) is 10.3. The summed E-state index contributed by atoms with van der Waals surface area (Å²) in [5.74, 6) is -0.584. The first-order valence-electron chi connectivity index (χ1n) is 6.81. The second-order valence-corrected chi connectivity index (χ2v) is 5.51. The molecule has 0 N–H and O–H groups in total. The minimum atomic E-state index is -0.569. The highest BCUT2D eigenvalue weighted by Gasteiger charge is 2.33. The summed E-state index contributed by atoms with van der Waals surface area (Å²) in [6.07, 6.45) is 0. The number of non-ortho nitro benzene ring substituents is 1. The molecule has 0 saturated heterocycles. The SMILES string of the molecule is Cc1cc2c(c(C)c1C)C(=O)c1cc([N+](=O)[O-])ccc1C2=O. The van der Waals surface area contributed by atoms with Gasteiger partial charge < -0.3 is 0 Å². The van der Waals surface area contributed by atoms with Crippen molar-refractivity contribution in [2.45, 2.75) is 20.8 Å². The van der Waals surface area contributed by atoms with E-state index in [4.69, 9.17) is 0 Å². The second kappa shape index (κ2) is 4.59. The molecule has 2 aromatic rings. The Kier molecular flexibility index (Phi) is 2.95. The van der Waals surface area contributed by atoms with Crippen LogP contribution >= 0.6 is 0 Å². The zero-order valence-corrected chi connectivity index (χ0v) is 12.4. The fraction of sp³-hybridized carbons (Fsp3) is 0.176. The molecule has 2 aromatic carbocycles. The number of fused-ring (bicyclic) bond motifs is 2. The fourth-order valence-corrected chi connectivity index (χ4v) is 2.87. The normalized spacial score (nSPS) is 12.9. The smallest absolute Gasteiger partial charge is 0.270 e. The van der Waals surface area contributed by atoms with Crippen LogP contribution < -0.4 is 0 Å². The van der Waals surface area contributed by atoms with E-state index in [9.17, 15) is 19.7 Å². The van der Waals surface area contributed by atoms with E-state index in [2.05, 4.69) is 0 Å². The molecule has 1 aliphatic carbocycles. The van der Waals surface area contributed by atoms with Gasteiger partial charge in [0, 0.05) is 34.4 Å². The summed E-state index contributed by atoms with van der Waals surface area (Å²) in [4.78, 5) is 35.7. The standard InChI is InChI=1S/C17H13NO4/c1-8-6-14-15(10(3)9(8)2)17(20)13-7-11(18(21)22)4-5-12(13)16(14)19/h4-7H,1-3H3. The van der Waals surface area contributed by atoms with Gasteiger partial charge in [-0.05, 0) is 49.6 Å². The third-order valence-electron chi connectivity index (χ3n) is 4.33. The Morgan fingerprint density at radius 3 is 2.18 bits per heavy atom. The number of hydrogen-bond acceptors (Lipinski definition) is 4. The molecule has 5 heteroatoms. The van der Waals surface area contributed by atoms with Crippen molar-refractivity contribution >= 4 is 17.3 Å². The molecule has 1 aliphatic rings. The van der Waals surface area contributed by atoms with Crippen LogP contribution in [0.15, 0.2) is 24.3 Å². The molecule has 0 heterocycles. The lowest BCUT2D eigenvalue weighted by Crippen LogP contribution is -2.23. The number of rotatable bonds is 1. The number of nitro groups is 1. The topological polar surface area (TPSA) is 77.3 Å². The maximum Gasteiger partial charge on any atom is 0.270 e. The van der Waals surface area contributed by atoms with Gasteiger partial charge in [-0.2, -0.15) is 0 Å². The molecule has 0 fully saturated rings. The van der Waals surface area contributed by atoms with Gasteiger partial charge in [0.2, 0.25) is 0 Å². The van der Waals surface area contributed by atoms with Crippen LogP contribution in [0.3, 0.4) is 0 Å². The maximum absolute atomic E-state index is 12.7. The molecule has 110 valence electrons. The van der Waals surface area contributed by atoms with Gasteiger partial charge in [-0.1, -0.05) is 0 Å². The van der Waals surface area contributed by atoms with Crippen molar-refractivity contribution in [1.82, 2.24) is 0 Å². The average Bonchev–Trinajstić information content (AvgIpc) is 2.49. The van der Waals surface area contributed by atoms with Gasteiger partial charge in [-0.25, -0.2) is 0 Å². The molecule has 0 aromatic heterocycles. The third kappa shape index (κ3) is 1.79. The number of carbonyl (C=O) groups is 2. The molecule has 0 bridgehead atoms. The van der Waals surface area contributed by atoms with Gasteiger partial charge in [-0.3, -0.25) is 19.7 Å². The lowest BCUT2D eigenvalue weighted by atomic mass is 9.79. The van der Waals surface area contributed by atoms with E-state index in [1.807, 2.05) is 13.8 Å². The maximum atomic E-state index is 12.7. The molecule has 0 amide bonds. The number of hydrogen-bond donors (Lipinski definition) is 0. The van der Waals surface area contributed by atoms with Crippen LogP contribution in [0.5, 0.6) is 0 Å². The van der Waals surface area contributed by atoms with E-state index in [1.165, 1.54) is 18.2 Å². The first kappa shape index (κ1) is 14.1. The zero-order chi connectivity index (χ0) is 16.2. The highest BCUT2D eigenvalue weighted by atomic mass is 16.6. The Hall–Kier alpha value is -2.82. The van der Waals surface area contributed by atoms with Crippen molar-refractivity contribution < 1.29 is 14.5 Å². The van der Waals surface area contributed by atoms with Crippen molar-refractivity contribution in [2.75, 3.05) is 0 Å². The van der Waals surface area contributed by atoms with Gasteiger partial charge in [0.1, 0.15) is 0 Å². The molecule has 5 nitrogen and oxygen atoms in total. The minimum Gasteiger partial charge on any atom is -0.289 e. The molecule has 0 atom stereocenters. The lowest BCUT2D eigenvalue weighted by molar-refractivity contribution is -0.384. The molecular formula is C17H13NO4. The van der Waals surface area contributed by atoms with Gasteiger partial charge in [-0.15, -0.1) is 0 Å². The van der Waals surface area contributed by atoms with E-state index in [-0.39, 0.29) is 28.4 Å².